The van der Waals surface area contributed by atoms with Crippen molar-refractivity contribution >= 4 is 94.7 Å². The summed E-state index contributed by atoms with van der Waals surface area (Å²) in [6.07, 6.45) is 18.2. The number of carboxylic acids is 2. The van der Waals surface area contributed by atoms with E-state index in [1.165, 1.54) is 68.8 Å². The van der Waals surface area contributed by atoms with Crippen molar-refractivity contribution in [3.05, 3.63) is 18.2 Å². The van der Waals surface area contributed by atoms with Crippen LogP contribution in [0.4, 0.5) is 0 Å². The smallest absolute Gasteiger partial charge is 0.326 e. The van der Waals surface area contributed by atoms with E-state index in [2.05, 4.69) is 85.4 Å². The molecule has 37 heteroatoms. The number of imidazole rings is 1. The van der Waals surface area contributed by atoms with Gasteiger partial charge >= 0.3 is 11.9 Å². The third kappa shape index (κ3) is 41.1. The van der Waals surface area contributed by atoms with E-state index in [0.717, 1.165) is 25.7 Å². The molecule has 1 aliphatic rings. The minimum Gasteiger partial charge on any atom is -0.481 e. The highest BCUT2D eigenvalue weighted by molar-refractivity contribution is 5.99. The molecule has 0 saturated carbocycles. The lowest BCUT2D eigenvalue weighted by molar-refractivity contribution is -0.144. The molecule has 1 fully saturated rings. The quantitative estimate of drug-likeness (QED) is 0.0241. The van der Waals surface area contributed by atoms with Crippen molar-refractivity contribution in [3.63, 3.8) is 0 Å². The Bertz CT molecular complexity index is 3200. The molecule has 0 radical (unpaired) electrons. The van der Waals surface area contributed by atoms with Crippen LogP contribution in [0, 0.1) is 23.7 Å². The van der Waals surface area contributed by atoms with Crippen molar-refractivity contribution in [2.24, 2.45) is 62.3 Å². The monoisotopic (exact) mass is 1600 g/mol. The Morgan fingerprint density at radius 1 is 0.504 bits per heavy atom. The first-order valence-electron chi connectivity index (χ1n) is 40.4. The molecule has 1 aromatic heterocycles. The number of rotatable bonds is 60. The lowest BCUT2D eigenvalue weighted by Crippen LogP contribution is -2.61. The van der Waals surface area contributed by atoms with Crippen molar-refractivity contribution in [1.82, 2.24) is 73.4 Å². The van der Waals surface area contributed by atoms with Crippen LogP contribution >= 0.6 is 0 Å². The Labute approximate surface area is 665 Å². The van der Waals surface area contributed by atoms with Crippen LogP contribution in [-0.2, 0) is 73.5 Å². The molecule has 37 nitrogen and oxygen atoms in total. The molecule has 2 heterocycles. The number of carbonyl (C=O) groups excluding carboxylic acids is 12. The van der Waals surface area contributed by atoms with Crippen LogP contribution in [0.2, 0.25) is 0 Å². The van der Waals surface area contributed by atoms with E-state index in [1.807, 2.05) is 0 Å². The summed E-state index contributed by atoms with van der Waals surface area (Å²) in [5.41, 5.74) is 28.5. The topological polar surface area (TPSA) is 599 Å². The average Bonchev–Trinajstić information content (AvgIpc) is 1.72. The number of H-pyrrole nitrogens is 1. The standard InChI is InChI=1S/C76H135N21O16/c1-10-12-13-14-15-16-17-18-19-20-21-22-23-33-58(98)88-51(30-26-37-83-75(78)79)65(103)85-43-59(99)89-52(31-27-38-84-76(80)81)68(106)96-64(49(9)11-2)72(110)92-55(40-46(3)4)69(107)90-53(29-24-25-36-77)67(105)91-54(34-35-61(101)102)73(111)97-39-28-32-57(97)70(108)95-62(47(5)6)71(109)93-56(41-50-42-82-45-87-50)66(104)86-44-60(100)94-63(48(7)8)74(112)113/h42,45-49,51-57,62-64H,10-41,43-44,77H2,1-9H3,(H,82,87)(H,85,103)(H,86,104)(H,88,98)(H,89,99)(H,90,107)(H,91,105)(H,92,110)(H,93,109)(H,94,100)(H,95,108)(H,96,106)(H,101,102)(H,112,113)(H4,78,79,83)(H4,80,81,84)/t49-,51-,52-,53-,54-,55-,56-,57-,62-,63-,64-/m0/s1. The Morgan fingerprint density at radius 2 is 0.982 bits per heavy atom. The molecule has 2 rings (SSSR count). The maximum absolute atomic E-state index is 14.8. The number of carboxylic acid groups (broad SMARTS) is 2. The molecule has 640 valence electrons. The third-order valence-electron chi connectivity index (χ3n) is 19.5. The highest BCUT2D eigenvalue weighted by atomic mass is 16.4. The minimum absolute atomic E-state index is 0.000571. The van der Waals surface area contributed by atoms with Gasteiger partial charge in [-0.25, -0.2) is 9.78 Å². The number of guanidine groups is 2. The first-order chi connectivity index (χ1) is 53.6. The van der Waals surface area contributed by atoms with Gasteiger partial charge in [-0.05, 0) is 107 Å². The van der Waals surface area contributed by atoms with Gasteiger partial charge in [-0.2, -0.15) is 0 Å². The minimum atomic E-state index is -1.59. The number of aromatic amines is 1. The van der Waals surface area contributed by atoms with Gasteiger partial charge in [0.2, 0.25) is 70.9 Å². The fraction of sp³-hybridized carbons (Fsp3) is 0.750. The van der Waals surface area contributed by atoms with E-state index in [0.29, 0.717) is 31.4 Å². The van der Waals surface area contributed by atoms with E-state index >= 15 is 0 Å². The molecule has 0 aromatic carbocycles. The summed E-state index contributed by atoms with van der Waals surface area (Å²) >= 11 is 0. The zero-order valence-electron chi connectivity index (χ0n) is 68.1. The normalized spacial score (nSPS) is 15.2. The van der Waals surface area contributed by atoms with Gasteiger partial charge in [0.1, 0.15) is 60.4 Å². The van der Waals surface area contributed by atoms with Gasteiger partial charge in [0, 0.05) is 50.8 Å². The van der Waals surface area contributed by atoms with Gasteiger partial charge in [-0.3, -0.25) is 72.3 Å². The number of amides is 12. The number of likely N-dealkylation sites (tertiary alicyclic amines) is 1. The Hall–Kier alpha value is -9.71. The number of aromatic nitrogens is 2. The van der Waals surface area contributed by atoms with Crippen molar-refractivity contribution in [2.75, 3.05) is 39.3 Å². The van der Waals surface area contributed by atoms with E-state index < -0.39 is 181 Å². The summed E-state index contributed by atoms with van der Waals surface area (Å²) in [4.78, 5) is 209. The molecule has 1 aliphatic heterocycles. The van der Waals surface area contributed by atoms with Gasteiger partial charge in [-0.1, -0.05) is 146 Å². The van der Waals surface area contributed by atoms with Gasteiger partial charge in [0.25, 0.3) is 0 Å². The lowest BCUT2D eigenvalue weighted by atomic mass is 9.96. The first kappa shape index (κ1) is 99.4. The molecule has 113 heavy (non-hydrogen) atoms. The maximum Gasteiger partial charge on any atom is 0.326 e. The predicted molar refractivity (Wildman–Crippen MR) is 427 cm³/mol. The van der Waals surface area contributed by atoms with E-state index in [9.17, 15) is 77.3 Å². The SMILES string of the molecule is CCCCCCCCCCCCCCCC(=O)N[C@@H](CCCN=C(N)N)C(=O)NCC(=O)N[C@@H](CCCN=C(N)N)C(=O)N[C@H](C(=O)N[C@@H](CC(C)C)C(=O)N[C@@H](CCCCN)C(=O)N[C@@H](CCC(=O)O)C(=O)N1CCC[C@H]1C(=O)N[C@H](C(=O)N[C@@H](Cc1cnc[nH]1)C(=O)NCC(=O)N[C@H](C(=O)O)C(C)C)C(C)C)[C@@H](C)CC. The van der Waals surface area contributed by atoms with E-state index in [-0.39, 0.29) is 114 Å². The van der Waals surface area contributed by atoms with Crippen LogP contribution in [0.25, 0.3) is 0 Å². The van der Waals surface area contributed by atoms with Crippen LogP contribution < -0.4 is 87.2 Å². The highest BCUT2D eigenvalue weighted by Crippen LogP contribution is 2.22. The van der Waals surface area contributed by atoms with Crippen LogP contribution in [0.3, 0.4) is 0 Å². The van der Waals surface area contributed by atoms with Crippen molar-refractivity contribution in [3.8, 4) is 0 Å². The fourth-order valence-corrected chi connectivity index (χ4v) is 12.8. The van der Waals surface area contributed by atoms with Gasteiger partial charge in [-0.15, -0.1) is 0 Å². The molecule has 0 unspecified atom stereocenters. The molecule has 1 saturated heterocycles. The van der Waals surface area contributed by atoms with Crippen LogP contribution in [0.15, 0.2) is 22.5 Å². The Morgan fingerprint density at radius 3 is 1.50 bits per heavy atom. The Balaban J connectivity index is 2.37. The predicted octanol–water partition coefficient (Wildman–Crippen LogP) is 0.610. The van der Waals surface area contributed by atoms with Crippen LogP contribution in [-0.4, -0.2) is 220 Å². The largest absolute Gasteiger partial charge is 0.481 e. The van der Waals surface area contributed by atoms with Crippen molar-refractivity contribution in [1.29, 1.82) is 0 Å². The maximum atomic E-state index is 14.8. The fourth-order valence-electron chi connectivity index (χ4n) is 12.8. The molecule has 1 aromatic rings. The second-order valence-electron chi connectivity index (χ2n) is 30.4. The van der Waals surface area contributed by atoms with Crippen LogP contribution in [0.1, 0.15) is 241 Å². The molecule has 0 spiro atoms. The summed E-state index contributed by atoms with van der Waals surface area (Å²) < 4.78 is 0. The summed E-state index contributed by atoms with van der Waals surface area (Å²) in [5.74, 6) is -14.3. The summed E-state index contributed by atoms with van der Waals surface area (Å²) in [5, 5.41) is 48.4. The van der Waals surface area contributed by atoms with Crippen molar-refractivity contribution in [2.45, 2.75) is 303 Å². The number of hydrogen-bond acceptors (Lipinski definition) is 18. The van der Waals surface area contributed by atoms with Gasteiger partial charge < -0.3 is 107 Å². The second-order valence-corrected chi connectivity index (χ2v) is 30.4. The van der Waals surface area contributed by atoms with E-state index in [4.69, 9.17) is 28.7 Å². The molecule has 24 N–H and O–H groups in total. The first-order valence-corrected chi connectivity index (χ1v) is 40.4. The number of nitrogens with one attached hydrogen (secondary N) is 12. The average molecular weight is 1600 g/mol. The highest BCUT2D eigenvalue weighted by Gasteiger charge is 2.42. The number of aliphatic imine (C=N–C) groups is 2. The van der Waals surface area contributed by atoms with E-state index in [1.54, 1.807) is 55.4 Å². The number of unbranched alkanes of at least 4 members (excludes halogenated alkanes) is 13. The molecular weight excluding hydrogens is 1460 g/mol. The number of nitrogens with two attached hydrogens (primary N) is 5. The molecular formula is C76H135N21O16. The molecule has 0 bridgehead atoms. The number of carbonyl (C=O) groups is 14. The zero-order chi connectivity index (χ0) is 84.5. The Kier molecular flexibility index (Phi) is 49.0. The summed E-state index contributed by atoms with van der Waals surface area (Å²) in [6.45, 7) is 14.7. The second kappa shape index (κ2) is 55.7. The van der Waals surface area contributed by atoms with Crippen molar-refractivity contribution < 1.29 is 77.3 Å². The van der Waals surface area contributed by atoms with Gasteiger partial charge in [0.05, 0.1) is 19.4 Å². The number of nitrogens with zero attached hydrogens (tertiary/aromatic N) is 4. The molecule has 12 amide bonds. The third-order valence-corrected chi connectivity index (χ3v) is 19.5. The zero-order valence-corrected chi connectivity index (χ0v) is 68.1. The summed E-state index contributed by atoms with van der Waals surface area (Å²) in [6, 6.07) is -13.3. The van der Waals surface area contributed by atoms with Crippen LogP contribution in [0.5, 0.6) is 0 Å². The lowest BCUT2D eigenvalue weighted by Gasteiger charge is -2.32. The molecule has 11 atom stereocenters. The number of aliphatic carboxylic acids is 2. The number of hydrogen-bond donors (Lipinski definition) is 19. The molecule has 0 aliphatic carbocycles. The van der Waals surface area contributed by atoms with Gasteiger partial charge in [0.15, 0.2) is 11.9 Å². The summed E-state index contributed by atoms with van der Waals surface area (Å²) in [7, 11) is 0.